The van der Waals surface area contributed by atoms with Gasteiger partial charge in [-0.2, -0.15) is 0 Å². The van der Waals surface area contributed by atoms with Gasteiger partial charge in [0.25, 0.3) is 0 Å². The molecule has 0 saturated carbocycles. The van der Waals surface area contributed by atoms with Crippen LogP contribution in [0.1, 0.15) is 38.4 Å². The van der Waals surface area contributed by atoms with E-state index >= 15 is 0 Å². The molecular weight excluding hydrogens is 254 g/mol. The van der Waals surface area contributed by atoms with Crippen LogP contribution in [0.5, 0.6) is 0 Å². The lowest BCUT2D eigenvalue weighted by molar-refractivity contribution is 0.0512. The monoisotopic (exact) mass is 265 g/mol. The van der Waals surface area contributed by atoms with Gasteiger partial charge in [-0.15, -0.1) is 11.3 Å². The second kappa shape index (κ2) is 5.14. The van der Waals surface area contributed by atoms with E-state index in [1.807, 2.05) is 0 Å². The summed E-state index contributed by atoms with van der Waals surface area (Å²) >= 11 is 1.30. The van der Waals surface area contributed by atoms with Gasteiger partial charge >= 0.3 is 5.97 Å². The van der Waals surface area contributed by atoms with Crippen molar-refractivity contribution >= 4 is 23.1 Å². The van der Waals surface area contributed by atoms with E-state index < -0.39 is 5.97 Å². The first-order chi connectivity index (χ1) is 8.65. The molecule has 0 atom stereocenters. The molecule has 0 unspecified atom stereocenters. The number of thiophene rings is 1. The minimum Gasteiger partial charge on any atom is -0.461 e. The molecule has 0 spiro atoms. The number of aryl methyl sites for hydroxylation is 1. The van der Waals surface area contributed by atoms with Gasteiger partial charge in [0.2, 0.25) is 11.5 Å². The molecule has 0 aliphatic rings. The number of hydrogen-bond donors (Lipinski definition) is 0. The molecule has 0 N–H and O–H groups in total. The summed E-state index contributed by atoms with van der Waals surface area (Å²) in [6.45, 7) is 3.50. The van der Waals surface area contributed by atoms with Crippen LogP contribution >= 0.6 is 11.3 Å². The highest BCUT2D eigenvalue weighted by atomic mass is 32.1. The first-order valence-corrected chi connectivity index (χ1v) is 6.24. The molecule has 0 fully saturated rings. The lowest BCUT2D eigenvalue weighted by Gasteiger charge is -2.00. The van der Waals surface area contributed by atoms with Crippen LogP contribution in [0.2, 0.25) is 0 Å². The molecule has 94 valence electrons. The predicted octanol–water partition coefficient (Wildman–Crippen LogP) is 2.45. The third-order valence-electron chi connectivity index (χ3n) is 2.30. The number of carbonyl (C=O) groups is 2. The Morgan fingerprint density at radius 3 is 2.89 bits per heavy atom. The summed E-state index contributed by atoms with van der Waals surface area (Å²) in [6, 6.07) is 3.46. The molecule has 2 aromatic heterocycles. The minimum atomic E-state index is -0.644. The van der Waals surface area contributed by atoms with Gasteiger partial charge in [-0.1, -0.05) is 11.2 Å². The number of ether oxygens (including phenoxy) is 1. The van der Waals surface area contributed by atoms with Crippen LogP contribution in [0, 0.1) is 6.92 Å². The molecule has 0 bridgehead atoms. The van der Waals surface area contributed by atoms with Gasteiger partial charge in [-0.05, 0) is 25.3 Å². The lowest BCUT2D eigenvalue weighted by atomic mass is 10.1. The van der Waals surface area contributed by atoms with Crippen LogP contribution in [-0.2, 0) is 4.74 Å². The van der Waals surface area contributed by atoms with Crippen molar-refractivity contribution in [1.82, 2.24) is 5.16 Å². The normalized spacial score (nSPS) is 10.3. The van der Waals surface area contributed by atoms with Crippen molar-refractivity contribution in [2.45, 2.75) is 13.8 Å². The van der Waals surface area contributed by atoms with E-state index in [0.717, 1.165) is 0 Å². The van der Waals surface area contributed by atoms with E-state index in [9.17, 15) is 9.59 Å². The summed E-state index contributed by atoms with van der Waals surface area (Å²) in [6.07, 6.45) is 0. The van der Waals surface area contributed by atoms with Gasteiger partial charge in [-0.25, -0.2) is 4.79 Å². The molecule has 0 radical (unpaired) electrons. The zero-order valence-corrected chi connectivity index (χ0v) is 10.7. The maximum Gasteiger partial charge on any atom is 0.361 e. The molecule has 0 saturated heterocycles. The molecule has 6 heteroatoms. The van der Waals surface area contributed by atoms with Crippen LogP contribution in [0.3, 0.4) is 0 Å². The second-order valence-corrected chi connectivity index (χ2v) is 4.44. The van der Waals surface area contributed by atoms with Gasteiger partial charge in [0, 0.05) is 0 Å². The summed E-state index contributed by atoms with van der Waals surface area (Å²) in [5.74, 6) is -0.600. The van der Waals surface area contributed by atoms with Crippen molar-refractivity contribution in [3.8, 4) is 0 Å². The fraction of sp³-hybridized carbons (Fsp3) is 0.250. The minimum absolute atomic E-state index is 0.0623. The quantitative estimate of drug-likeness (QED) is 0.627. The van der Waals surface area contributed by atoms with Gasteiger partial charge in [-0.3, -0.25) is 4.79 Å². The third kappa shape index (κ3) is 2.19. The predicted molar refractivity (Wildman–Crippen MR) is 64.9 cm³/mol. The Labute approximate surface area is 107 Å². The highest BCUT2D eigenvalue weighted by Crippen LogP contribution is 2.21. The zero-order valence-electron chi connectivity index (χ0n) is 9.93. The topological polar surface area (TPSA) is 69.4 Å². The summed E-state index contributed by atoms with van der Waals surface area (Å²) in [4.78, 5) is 24.4. The van der Waals surface area contributed by atoms with Gasteiger partial charge < -0.3 is 9.26 Å². The first-order valence-electron chi connectivity index (χ1n) is 5.36. The van der Waals surface area contributed by atoms with Crippen molar-refractivity contribution in [1.29, 1.82) is 0 Å². The lowest BCUT2D eigenvalue weighted by Crippen LogP contribution is -2.11. The average Bonchev–Trinajstić information content (AvgIpc) is 2.97. The summed E-state index contributed by atoms with van der Waals surface area (Å²) in [5.41, 5.74) is 0.114. The van der Waals surface area contributed by atoms with Crippen molar-refractivity contribution < 1.29 is 18.8 Å². The molecule has 2 heterocycles. The smallest absolute Gasteiger partial charge is 0.361 e. The Morgan fingerprint density at radius 2 is 2.28 bits per heavy atom. The number of aromatic nitrogens is 1. The summed E-state index contributed by atoms with van der Waals surface area (Å²) < 4.78 is 9.75. The van der Waals surface area contributed by atoms with Crippen LogP contribution in [0.4, 0.5) is 0 Å². The van der Waals surface area contributed by atoms with E-state index in [0.29, 0.717) is 10.6 Å². The molecule has 0 amide bonds. The first kappa shape index (κ1) is 12.5. The van der Waals surface area contributed by atoms with E-state index in [2.05, 4.69) is 5.16 Å². The third-order valence-corrected chi connectivity index (χ3v) is 3.17. The van der Waals surface area contributed by atoms with Gasteiger partial charge in [0.05, 0.1) is 11.5 Å². The number of nitrogens with zero attached hydrogens (tertiary/aromatic N) is 1. The SMILES string of the molecule is CCOC(=O)c1noc(C)c1C(=O)c1cccs1. The fourth-order valence-electron chi connectivity index (χ4n) is 1.51. The highest BCUT2D eigenvalue weighted by Gasteiger charge is 2.27. The second-order valence-electron chi connectivity index (χ2n) is 3.49. The fourth-order valence-corrected chi connectivity index (χ4v) is 2.18. The Morgan fingerprint density at radius 1 is 1.50 bits per heavy atom. The summed E-state index contributed by atoms with van der Waals surface area (Å²) in [7, 11) is 0. The van der Waals surface area contributed by atoms with Crippen LogP contribution in [0.25, 0.3) is 0 Å². The number of rotatable bonds is 4. The Kier molecular flexibility index (Phi) is 3.57. The maximum atomic E-state index is 12.2. The largest absolute Gasteiger partial charge is 0.461 e. The maximum absolute atomic E-state index is 12.2. The van der Waals surface area contributed by atoms with E-state index in [1.165, 1.54) is 11.3 Å². The van der Waals surface area contributed by atoms with Crippen LogP contribution in [0.15, 0.2) is 22.0 Å². The standard InChI is InChI=1S/C12H11NO4S/c1-3-16-12(15)10-9(7(2)17-13-10)11(14)8-5-4-6-18-8/h4-6H,3H2,1-2H3. The zero-order chi connectivity index (χ0) is 13.1. The van der Waals surface area contributed by atoms with Crippen LogP contribution in [-0.4, -0.2) is 23.5 Å². The van der Waals surface area contributed by atoms with E-state index in [1.54, 1.807) is 31.4 Å². The Bertz CT molecular complexity index is 571. The number of ketones is 1. The number of esters is 1. The van der Waals surface area contributed by atoms with E-state index in [4.69, 9.17) is 9.26 Å². The molecule has 0 aromatic carbocycles. The summed E-state index contributed by atoms with van der Waals surface area (Å²) in [5, 5.41) is 5.39. The van der Waals surface area contributed by atoms with Gasteiger partial charge in [0.1, 0.15) is 11.3 Å². The average molecular weight is 265 g/mol. The Balaban J connectivity index is 2.41. The molecule has 2 aromatic rings. The molecule has 2 rings (SSSR count). The van der Waals surface area contributed by atoms with Crippen molar-refractivity contribution in [2.24, 2.45) is 0 Å². The van der Waals surface area contributed by atoms with Gasteiger partial charge in [0.15, 0.2) is 0 Å². The molecule has 18 heavy (non-hydrogen) atoms. The van der Waals surface area contributed by atoms with Crippen molar-refractivity contribution in [3.63, 3.8) is 0 Å². The van der Waals surface area contributed by atoms with Crippen LogP contribution < -0.4 is 0 Å². The van der Waals surface area contributed by atoms with Crippen molar-refractivity contribution in [3.05, 3.63) is 39.4 Å². The van der Waals surface area contributed by atoms with Crippen molar-refractivity contribution in [2.75, 3.05) is 6.61 Å². The molecule has 5 nitrogen and oxygen atoms in total. The molecule has 0 aliphatic carbocycles. The number of hydrogen-bond acceptors (Lipinski definition) is 6. The highest BCUT2D eigenvalue weighted by molar-refractivity contribution is 7.12. The number of carbonyl (C=O) groups excluding carboxylic acids is 2. The molecule has 0 aliphatic heterocycles. The Hall–Kier alpha value is -1.95. The molecular formula is C12H11NO4S. The van der Waals surface area contributed by atoms with E-state index in [-0.39, 0.29) is 23.6 Å².